The van der Waals surface area contributed by atoms with Gasteiger partial charge in [-0.3, -0.25) is 4.99 Å². The Morgan fingerprint density at radius 3 is 2.86 bits per heavy atom. The van der Waals surface area contributed by atoms with Crippen molar-refractivity contribution in [1.29, 1.82) is 0 Å². The Morgan fingerprint density at radius 1 is 1.14 bits per heavy atom. The van der Waals surface area contributed by atoms with Crippen molar-refractivity contribution in [1.82, 2.24) is 4.57 Å². The normalized spacial score (nSPS) is 15.8. The molecule has 1 aliphatic carbocycles. The van der Waals surface area contributed by atoms with E-state index in [1.54, 1.807) is 5.56 Å². The fourth-order valence-corrected chi connectivity index (χ4v) is 3.94. The van der Waals surface area contributed by atoms with Crippen LogP contribution in [0.1, 0.15) is 49.1 Å². The van der Waals surface area contributed by atoms with Gasteiger partial charge in [-0.25, -0.2) is 0 Å². The molecule has 0 fully saturated rings. The fourth-order valence-electron chi connectivity index (χ4n) is 3.94. The number of hydrogen-bond donors (Lipinski definition) is 0. The molecule has 2 heteroatoms. The Balaban J connectivity index is 1.79. The van der Waals surface area contributed by atoms with E-state index in [1.165, 1.54) is 65.9 Å². The molecule has 114 valence electrons. The van der Waals surface area contributed by atoms with Crippen LogP contribution in [0.5, 0.6) is 0 Å². The first-order chi connectivity index (χ1) is 10.8. The maximum Gasteiger partial charge on any atom is 0.0626 e. The summed E-state index contributed by atoms with van der Waals surface area (Å²) < 4.78 is 2.50. The van der Waals surface area contributed by atoms with Crippen LogP contribution in [0.25, 0.3) is 11.3 Å². The summed E-state index contributed by atoms with van der Waals surface area (Å²) in [6.07, 6.45) is 6.13. The van der Waals surface area contributed by atoms with E-state index >= 15 is 0 Å². The van der Waals surface area contributed by atoms with Gasteiger partial charge in [-0.2, -0.15) is 0 Å². The molecule has 0 N–H and O–H groups in total. The molecule has 0 saturated heterocycles. The number of fused-ring (bicyclic) bond motifs is 5. The number of hydrogen-bond acceptors (Lipinski definition) is 1. The van der Waals surface area contributed by atoms with Crippen molar-refractivity contribution in [3.8, 4) is 11.3 Å². The van der Waals surface area contributed by atoms with Gasteiger partial charge in [0.2, 0.25) is 0 Å². The lowest BCUT2D eigenvalue weighted by Crippen LogP contribution is -2.17. The lowest BCUT2D eigenvalue weighted by Gasteiger charge is -2.22. The highest BCUT2D eigenvalue weighted by Gasteiger charge is 2.25. The highest BCUT2D eigenvalue weighted by Crippen LogP contribution is 2.37. The van der Waals surface area contributed by atoms with Crippen LogP contribution < -0.4 is 0 Å². The molecule has 4 rings (SSSR count). The van der Waals surface area contributed by atoms with E-state index in [2.05, 4.69) is 47.7 Å². The van der Waals surface area contributed by atoms with E-state index in [0.717, 1.165) is 13.1 Å². The first-order valence-electron chi connectivity index (χ1n) is 8.64. The molecule has 1 aromatic heterocycles. The number of rotatable bonds is 3. The summed E-state index contributed by atoms with van der Waals surface area (Å²) in [5, 5.41) is 0. The molecule has 0 radical (unpaired) electrons. The quantitative estimate of drug-likeness (QED) is 0.797. The number of benzene rings is 1. The lowest BCUT2D eigenvalue weighted by molar-refractivity contribution is 0.691. The van der Waals surface area contributed by atoms with Crippen molar-refractivity contribution in [2.75, 3.05) is 6.54 Å². The van der Waals surface area contributed by atoms with Gasteiger partial charge in [0.25, 0.3) is 0 Å². The van der Waals surface area contributed by atoms with Gasteiger partial charge >= 0.3 is 0 Å². The van der Waals surface area contributed by atoms with Gasteiger partial charge in [-0.05, 0) is 55.4 Å². The zero-order valence-electron chi connectivity index (χ0n) is 13.7. The molecule has 0 amide bonds. The maximum atomic E-state index is 4.61. The van der Waals surface area contributed by atoms with Crippen molar-refractivity contribution in [2.45, 2.75) is 52.5 Å². The summed E-state index contributed by atoms with van der Waals surface area (Å²) in [6.45, 7) is 6.36. The van der Waals surface area contributed by atoms with Crippen LogP contribution in [0.3, 0.4) is 0 Å². The minimum Gasteiger partial charge on any atom is -0.337 e. The number of aliphatic imine (C=N–C) groups is 1. The molecule has 1 aromatic carbocycles. The van der Waals surface area contributed by atoms with Gasteiger partial charge in [0.1, 0.15) is 0 Å². The predicted octanol–water partition coefficient (Wildman–Crippen LogP) is 4.42. The molecular formula is C20H24N2. The molecule has 1 aliphatic heterocycles. The van der Waals surface area contributed by atoms with Crippen LogP contribution in [0, 0.1) is 0 Å². The lowest BCUT2D eigenvalue weighted by atomic mass is 9.88. The topological polar surface area (TPSA) is 17.3 Å². The van der Waals surface area contributed by atoms with Crippen LogP contribution in [0.4, 0.5) is 0 Å². The van der Waals surface area contributed by atoms with Crippen LogP contribution in [-0.4, -0.2) is 16.8 Å². The van der Waals surface area contributed by atoms with Crippen LogP contribution >= 0.6 is 0 Å². The van der Waals surface area contributed by atoms with Gasteiger partial charge in [-0.15, -0.1) is 0 Å². The average molecular weight is 292 g/mol. The van der Waals surface area contributed by atoms with Crippen molar-refractivity contribution < 1.29 is 0 Å². The molecule has 0 unspecified atom stereocenters. The Labute approximate surface area is 132 Å². The second-order valence-corrected chi connectivity index (χ2v) is 6.62. The van der Waals surface area contributed by atoms with E-state index in [9.17, 15) is 0 Å². The average Bonchev–Trinajstić information content (AvgIpc) is 2.93. The molecular weight excluding hydrogens is 268 g/mol. The molecule has 2 nitrogen and oxygen atoms in total. The molecule has 0 saturated carbocycles. The molecule has 0 atom stereocenters. The van der Waals surface area contributed by atoms with Crippen LogP contribution in [-0.2, 0) is 25.8 Å². The monoisotopic (exact) mass is 292 g/mol. The maximum absolute atomic E-state index is 4.61. The Morgan fingerprint density at radius 2 is 2.00 bits per heavy atom. The largest absolute Gasteiger partial charge is 0.337 e. The van der Waals surface area contributed by atoms with Crippen molar-refractivity contribution in [3.05, 3.63) is 46.6 Å². The first kappa shape index (κ1) is 13.8. The Hall–Kier alpha value is -1.83. The molecule has 0 bridgehead atoms. The molecule has 22 heavy (non-hydrogen) atoms. The second kappa shape index (κ2) is 5.42. The van der Waals surface area contributed by atoms with Crippen LogP contribution in [0.2, 0.25) is 0 Å². The summed E-state index contributed by atoms with van der Waals surface area (Å²) in [4.78, 5) is 4.61. The van der Waals surface area contributed by atoms with Crippen LogP contribution in [0.15, 0.2) is 29.3 Å². The van der Waals surface area contributed by atoms with Gasteiger partial charge in [-0.1, -0.05) is 31.5 Å². The summed E-state index contributed by atoms with van der Waals surface area (Å²) >= 11 is 0. The summed E-state index contributed by atoms with van der Waals surface area (Å²) in [5.74, 6) is 0. The van der Waals surface area contributed by atoms with Gasteiger partial charge in [0, 0.05) is 12.1 Å². The third-order valence-electron chi connectivity index (χ3n) is 5.13. The minimum absolute atomic E-state index is 0.921. The third-order valence-corrected chi connectivity index (χ3v) is 5.13. The highest BCUT2D eigenvalue weighted by atomic mass is 15.1. The highest BCUT2D eigenvalue weighted by molar-refractivity contribution is 5.99. The summed E-state index contributed by atoms with van der Waals surface area (Å²) in [7, 11) is 0. The summed E-state index contributed by atoms with van der Waals surface area (Å²) in [6, 6.07) is 9.54. The molecule has 0 spiro atoms. The Kier molecular flexibility index (Phi) is 3.40. The van der Waals surface area contributed by atoms with E-state index < -0.39 is 0 Å². The smallest absolute Gasteiger partial charge is 0.0626 e. The van der Waals surface area contributed by atoms with Crippen molar-refractivity contribution in [2.24, 2.45) is 4.99 Å². The first-order valence-corrected chi connectivity index (χ1v) is 8.64. The summed E-state index contributed by atoms with van der Waals surface area (Å²) in [5.41, 5.74) is 10.0. The molecule has 2 aliphatic rings. The minimum atomic E-state index is 0.921. The van der Waals surface area contributed by atoms with Crippen molar-refractivity contribution in [3.63, 3.8) is 0 Å². The Bertz CT molecular complexity index is 749. The zero-order chi connectivity index (χ0) is 15.1. The standard InChI is InChI=1S/C20H24N2/c1-3-4-5-15-6-9-18-16(12-15)7-8-17-13-19-14(2)21-10-11-22(19)20(17)18/h6,9,12-13H,3-5,7-8,10-11H2,1-2H3. The van der Waals surface area contributed by atoms with E-state index in [0.29, 0.717) is 0 Å². The third kappa shape index (κ3) is 2.13. The predicted molar refractivity (Wildman–Crippen MR) is 93.0 cm³/mol. The van der Waals surface area contributed by atoms with E-state index in [4.69, 9.17) is 0 Å². The van der Waals surface area contributed by atoms with Crippen molar-refractivity contribution >= 4 is 5.71 Å². The molecule has 2 heterocycles. The van der Waals surface area contributed by atoms with E-state index in [-0.39, 0.29) is 0 Å². The van der Waals surface area contributed by atoms with Gasteiger partial charge < -0.3 is 4.57 Å². The number of unbranched alkanes of at least 4 members (excludes halogenated alkanes) is 1. The number of aryl methyl sites for hydroxylation is 3. The van der Waals surface area contributed by atoms with Gasteiger partial charge in [0.05, 0.1) is 23.6 Å². The van der Waals surface area contributed by atoms with Gasteiger partial charge in [0.15, 0.2) is 0 Å². The number of aromatic nitrogens is 1. The second-order valence-electron chi connectivity index (χ2n) is 6.62. The SMILES string of the molecule is CCCCc1ccc2c(c1)CCc1cc3n(c1-2)CCN=C3C. The molecule has 2 aromatic rings. The fraction of sp³-hybridized carbons (Fsp3) is 0.450. The van der Waals surface area contributed by atoms with E-state index in [1.807, 2.05) is 0 Å². The zero-order valence-corrected chi connectivity index (χ0v) is 13.7. The number of nitrogens with zero attached hydrogens (tertiary/aromatic N) is 2.